The molecule has 4 rings (SSSR count). The molecule has 3 N–H and O–H groups in total. The lowest BCUT2D eigenvalue weighted by atomic mass is 9.98. The van der Waals surface area contributed by atoms with E-state index in [4.69, 9.17) is 5.73 Å². The fourth-order valence-corrected chi connectivity index (χ4v) is 6.36. The van der Waals surface area contributed by atoms with Crippen molar-refractivity contribution in [3.8, 4) is 11.1 Å². The van der Waals surface area contributed by atoms with Crippen LogP contribution in [0.5, 0.6) is 0 Å². The molecule has 0 saturated carbocycles. The molecule has 8 nitrogen and oxygen atoms in total. The third-order valence-corrected chi connectivity index (χ3v) is 8.64. The van der Waals surface area contributed by atoms with Crippen molar-refractivity contribution >= 4 is 33.5 Å². The third-order valence-electron chi connectivity index (χ3n) is 6.81. The summed E-state index contributed by atoms with van der Waals surface area (Å²) >= 11 is 0. The summed E-state index contributed by atoms with van der Waals surface area (Å²) < 4.78 is 27.4. The van der Waals surface area contributed by atoms with E-state index in [0.717, 1.165) is 48.2 Å². The summed E-state index contributed by atoms with van der Waals surface area (Å²) in [6.45, 7) is 6.23. The van der Waals surface area contributed by atoms with E-state index in [1.54, 1.807) is 18.2 Å². The minimum absolute atomic E-state index is 0.00390. The number of hydrogen-bond donors (Lipinski definition) is 2. The number of carbonyl (C=O) groups is 1. The number of nitrogens with zero attached hydrogens (tertiary/aromatic N) is 3. The van der Waals surface area contributed by atoms with Crippen LogP contribution in [0.2, 0.25) is 0 Å². The Kier molecular flexibility index (Phi) is 8.46. The van der Waals surface area contributed by atoms with Crippen LogP contribution in [0.3, 0.4) is 0 Å². The molecule has 9 heteroatoms. The van der Waals surface area contributed by atoms with Crippen LogP contribution in [0.1, 0.15) is 45.1 Å². The highest BCUT2D eigenvalue weighted by molar-refractivity contribution is 7.89. The number of hydrogen-bond acceptors (Lipinski definition) is 6. The highest BCUT2D eigenvalue weighted by atomic mass is 32.2. The average Bonchev–Trinajstić information content (AvgIpc) is 2.85. The number of carbonyl (C=O) groups excluding carboxylic acids is 1. The molecular weight excluding hydrogens is 488 g/mol. The van der Waals surface area contributed by atoms with E-state index in [2.05, 4.69) is 18.8 Å². The van der Waals surface area contributed by atoms with Gasteiger partial charge in [-0.1, -0.05) is 38.1 Å². The summed E-state index contributed by atoms with van der Waals surface area (Å²) in [6, 6.07) is 12.6. The Balaban J connectivity index is 1.66. The Morgan fingerprint density at radius 3 is 2.46 bits per heavy atom. The highest BCUT2D eigenvalue weighted by Gasteiger charge is 2.36. The van der Waals surface area contributed by atoms with Gasteiger partial charge in [0, 0.05) is 56.3 Å². The molecule has 1 saturated heterocycles. The zero-order valence-corrected chi connectivity index (χ0v) is 22.4. The van der Waals surface area contributed by atoms with Crippen molar-refractivity contribution in [2.24, 2.45) is 16.6 Å². The van der Waals surface area contributed by atoms with Gasteiger partial charge in [0.25, 0.3) is 0 Å². The number of rotatable bonds is 9. The summed E-state index contributed by atoms with van der Waals surface area (Å²) in [6.07, 6.45) is 4.74. The highest BCUT2D eigenvalue weighted by Crippen LogP contribution is 2.33. The molecule has 198 valence electrons. The second-order valence-electron chi connectivity index (χ2n) is 9.74. The number of aliphatic hydroxyl groups excluding tert-OH is 1. The zero-order chi connectivity index (χ0) is 26.6. The molecule has 0 radical (unpaired) electrons. The van der Waals surface area contributed by atoms with E-state index in [1.807, 2.05) is 35.2 Å². The van der Waals surface area contributed by atoms with Crippen LogP contribution in [0.4, 0.5) is 5.69 Å². The van der Waals surface area contributed by atoms with E-state index in [9.17, 15) is 18.3 Å². The number of amides is 1. The van der Waals surface area contributed by atoms with Gasteiger partial charge >= 0.3 is 0 Å². The quantitative estimate of drug-likeness (QED) is 0.518. The molecular formula is C28H36N4O4S. The molecule has 1 amide bonds. The fraction of sp³-hybridized carbons (Fsp3) is 0.429. The first kappa shape index (κ1) is 27.0. The summed E-state index contributed by atoms with van der Waals surface area (Å²) in [4.78, 5) is 20.0. The number of sulfonamides is 1. The first-order chi connectivity index (χ1) is 17.8. The van der Waals surface area contributed by atoms with Crippen molar-refractivity contribution < 1.29 is 18.3 Å². The third kappa shape index (κ3) is 5.95. The Morgan fingerprint density at radius 2 is 1.78 bits per heavy atom. The number of fused-ring (bicyclic) bond motifs is 1. The van der Waals surface area contributed by atoms with Crippen molar-refractivity contribution in [2.45, 2.75) is 44.4 Å². The molecule has 0 aliphatic carbocycles. The maximum Gasteiger partial charge on any atom is 0.249 e. The maximum atomic E-state index is 13.3. The molecule has 2 aromatic carbocycles. The van der Waals surface area contributed by atoms with Gasteiger partial charge in [-0.2, -0.15) is 4.31 Å². The van der Waals surface area contributed by atoms with Crippen LogP contribution in [0.25, 0.3) is 17.2 Å². The molecule has 0 spiro atoms. The van der Waals surface area contributed by atoms with E-state index < -0.39 is 10.0 Å². The smallest absolute Gasteiger partial charge is 0.249 e. The first-order valence-electron chi connectivity index (χ1n) is 12.9. The van der Waals surface area contributed by atoms with Crippen molar-refractivity contribution in [2.75, 3.05) is 32.8 Å². The minimum Gasteiger partial charge on any atom is -0.396 e. The molecule has 2 heterocycles. The van der Waals surface area contributed by atoms with E-state index >= 15 is 0 Å². The van der Waals surface area contributed by atoms with Gasteiger partial charge in [0.1, 0.15) is 0 Å². The van der Waals surface area contributed by atoms with Crippen LogP contribution >= 0.6 is 0 Å². The van der Waals surface area contributed by atoms with Gasteiger partial charge in [-0.05, 0) is 54.7 Å². The normalized spacial score (nSPS) is 18.0. The second-order valence-corrected chi connectivity index (χ2v) is 11.7. The Bertz CT molecular complexity index is 1310. The molecule has 0 aromatic heterocycles. The average molecular weight is 525 g/mol. The molecule has 2 aliphatic rings. The van der Waals surface area contributed by atoms with Crippen LogP contribution < -0.4 is 5.73 Å². The van der Waals surface area contributed by atoms with E-state index in [0.29, 0.717) is 37.5 Å². The maximum absolute atomic E-state index is 13.3. The van der Waals surface area contributed by atoms with Crippen LogP contribution in [-0.2, 0) is 14.8 Å². The number of nitrogens with two attached hydrogens (primary N) is 1. The van der Waals surface area contributed by atoms with Gasteiger partial charge in [0.15, 0.2) is 0 Å². The lowest BCUT2D eigenvalue weighted by Gasteiger charge is -2.36. The molecule has 0 bridgehead atoms. The molecule has 0 atom stereocenters. The minimum atomic E-state index is -3.62. The molecule has 0 unspecified atom stereocenters. The number of aliphatic hydroxyl groups is 1. The van der Waals surface area contributed by atoms with Crippen molar-refractivity contribution in [3.05, 3.63) is 53.6 Å². The Morgan fingerprint density at radius 1 is 1.08 bits per heavy atom. The predicted molar refractivity (Wildman–Crippen MR) is 147 cm³/mol. The van der Waals surface area contributed by atoms with E-state index in [1.165, 1.54) is 4.31 Å². The SMILES string of the molecule is CCCN(CCC)C(=O)/C1=C/c2ccc(-c3cccc(S(=O)(=O)N4CC(CO)C4)c3)cc2N=C(N)CC1. The lowest BCUT2D eigenvalue weighted by molar-refractivity contribution is -0.127. The molecule has 1 fully saturated rings. The Labute approximate surface area is 219 Å². The van der Waals surface area contributed by atoms with Crippen molar-refractivity contribution in [3.63, 3.8) is 0 Å². The largest absolute Gasteiger partial charge is 0.396 e. The zero-order valence-electron chi connectivity index (χ0n) is 21.6. The standard InChI is InChI=1S/C28H36N4O4S/c1-3-12-31(13-4-2)28(34)24-10-11-27(29)30-26-16-22(8-9-23(26)14-24)21-6-5-7-25(15-21)37(35,36)32-17-20(18-32)19-33/h5-9,14-16,20,33H,3-4,10-13,17-19H2,1-2H3,(H2,29,30)/b24-14+. The number of aliphatic imine (C=N–C) groups is 1. The van der Waals surface area contributed by atoms with Crippen molar-refractivity contribution in [1.29, 1.82) is 0 Å². The van der Waals surface area contributed by atoms with Crippen LogP contribution in [-0.4, -0.2) is 67.3 Å². The Hall–Kier alpha value is -3.01. The monoisotopic (exact) mass is 524 g/mol. The van der Waals surface area contributed by atoms with Gasteiger partial charge in [0.05, 0.1) is 16.4 Å². The summed E-state index contributed by atoms with van der Waals surface area (Å²) in [5.74, 6) is 0.499. The van der Waals surface area contributed by atoms with Crippen LogP contribution in [0, 0.1) is 5.92 Å². The second kappa shape index (κ2) is 11.6. The summed E-state index contributed by atoms with van der Waals surface area (Å²) in [5, 5.41) is 9.24. The number of benzene rings is 2. The summed E-state index contributed by atoms with van der Waals surface area (Å²) in [7, 11) is -3.62. The summed E-state index contributed by atoms with van der Waals surface area (Å²) in [5.41, 5.74) is 9.95. The van der Waals surface area contributed by atoms with Gasteiger partial charge in [-0.3, -0.25) is 4.79 Å². The van der Waals surface area contributed by atoms with Gasteiger partial charge in [-0.25, -0.2) is 13.4 Å². The van der Waals surface area contributed by atoms with Gasteiger partial charge in [0.2, 0.25) is 15.9 Å². The predicted octanol–water partition coefficient (Wildman–Crippen LogP) is 3.78. The first-order valence-corrected chi connectivity index (χ1v) is 14.4. The fourth-order valence-electron chi connectivity index (χ4n) is 4.72. The molecule has 2 aliphatic heterocycles. The topological polar surface area (TPSA) is 116 Å². The van der Waals surface area contributed by atoms with Crippen molar-refractivity contribution in [1.82, 2.24) is 9.21 Å². The van der Waals surface area contributed by atoms with Crippen LogP contribution in [0.15, 0.2) is 57.9 Å². The van der Waals surface area contributed by atoms with Gasteiger partial charge in [-0.15, -0.1) is 0 Å². The lowest BCUT2D eigenvalue weighted by Crippen LogP contribution is -2.51. The van der Waals surface area contributed by atoms with Gasteiger partial charge < -0.3 is 15.7 Å². The molecule has 2 aromatic rings. The van der Waals surface area contributed by atoms with E-state index in [-0.39, 0.29) is 23.3 Å². The molecule has 37 heavy (non-hydrogen) atoms. The number of amidine groups is 1.